The molecule has 0 aliphatic heterocycles. The number of rotatable bonds is 7. The molecule has 0 N–H and O–H groups in total. The second-order valence-corrected chi connectivity index (χ2v) is 5.43. The molecule has 0 atom stereocenters. The van der Waals surface area contributed by atoms with E-state index in [0.29, 0.717) is 17.8 Å². The Balaban J connectivity index is 1.85. The zero-order chi connectivity index (χ0) is 16.2. The van der Waals surface area contributed by atoms with Crippen molar-refractivity contribution in [1.29, 1.82) is 0 Å². The van der Waals surface area contributed by atoms with Crippen LogP contribution in [-0.4, -0.2) is 31.1 Å². The van der Waals surface area contributed by atoms with E-state index in [1.165, 1.54) is 6.07 Å². The SMILES string of the molecule is CCN(CC)CCCOc1c2ccoc2cc2oc(=O)ccc12. The molecule has 0 spiro atoms. The summed E-state index contributed by atoms with van der Waals surface area (Å²) in [6.07, 6.45) is 2.55. The summed E-state index contributed by atoms with van der Waals surface area (Å²) in [7, 11) is 0. The van der Waals surface area contributed by atoms with Gasteiger partial charge in [0.1, 0.15) is 16.9 Å². The highest BCUT2D eigenvalue weighted by atomic mass is 16.5. The third-order valence-electron chi connectivity index (χ3n) is 4.07. The Bertz CT molecular complexity index is 845. The molecule has 0 radical (unpaired) electrons. The van der Waals surface area contributed by atoms with Crippen LogP contribution >= 0.6 is 0 Å². The first-order valence-electron chi connectivity index (χ1n) is 8.02. The maximum Gasteiger partial charge on any atom is 0.336 e. The molecule has 2 aromatic heterocycles. The monoisotopic (exact) mass is 315 g/mol. The first kappa shape index (κ1) is 15.6. The van der Waals surface area contributed by atoms with Crippen LogP contribution in [0.5, 0.6) is 5.75 Å². The minimum absolute atomic E-state index is 0.379. The molecule has 0 saturated heterocycles. The highest BCUT2D eigenvalue weighted by Gasteiger charge is 2.13. The summed E-state index contributed by atoms with van der Waals surface area (Å²) in [5.74, 6) is 0.717. The third kappa shape index (κ3) is 3.24. The lowest BCUT2D eigenvalue weighted by atomic mass is 10.1. The fraction of sp³-hybridized carbons (Fsp3) is 0.389. The molecule has 3 aromatic rings. The first-order chi connectivity index (χ1) is 11.2. The van der Waals surface area contributed by atoms with Crippen molar-refractivity contribution in [1.82, 2.24) is 4.90 Å². The van der Waals surface area contributed by atoms with Gasteiger partial charge in [-0.3, -0.25) is 0 Å². The molecule has 3 rings (SSSR count). The van der Waals surface area contributed by atoms with Crippen LogP contribution in [0.2, 0.25) is 0 Å². The molecule has 2 heterocycles. The summed E-state index contributed by atoms with van der Waals surface area (Å²) < 4.78 is 16.7. The van der Waals surface area contributed by atoms with Gasteiger partial charge >= 0.3 is 5.63 Å². The van der Waals surface area contributed by atoms with Crippen molar-refractivity contribution in [2.24, 2.45) is 0 Å². The van der Waals surface area contributed by atoms with E-state index in [9.17, 15) is 4.79 Å². The quantitative estimate of drug-likeness (QED) is 0.492. The maximum absolute atomic E-state index is 11.4. The van der Waals surface area contributed by atoms with Crippen LogP contribution in [-0.2, 0) is 0 Å². The predicted octanol–water partition coefficient (Wildman–Crippen LogP) is 3.65. The molecular formula is C18H21NO4. The van der Waals surface area contributed by atoms with Crippen molar-refractivity contribution < 1.29 is 13.6 Å². The fourth-order valence-corrected chi connectivity index (χ4v) is 2.77. The largest absolute Gasteiger partial charge is 0.492 e. The van der Waals surface area contributed by atoms with E-state index in [-0.39, 0.29) is 5.63 Å². The van der Waals surface area contributed by atoms with Crippen LogP contribution in [0.25, 0.3) is 21.9 Å². The van der Waals surface area contributed by atoms with Gasteiger partial charge in [-0.05, 0) is 31.6 Å². The first-order valence-corrected chi connectivity index (χ1v) is 8.02. The fourth-order valence-electron chi connectivity index (χ4n) is 2.77. The van der Waals surface area contributed by atoms with Crippen LogP contribution in [0, 0.1) is 0 Å². The van der Waals surface area contributed by atoms with Gasteiger partial charge in [0.05, 0.1) is 23.6 Å². The van der Waals surface area contributed by atoms with Crippen LogP contribution < -0.4 is 10.4 Å². The number of hydrogen-bond acceptors (Lipinski definition) is 5. The zero-order valence-electron chi connectivity index (χ0n) is 13.5. The van der Waals surface area contributed by atoms with Gasteiger partial charge in [-0.25, -0.2) is 4.79 Å². The average molecular weight is 315 g/mol. The molecule has 0 unspecified atom stereocenters. The molecule has 1 aromatic carbocycles. The lowest BCUT2D eigenvalue weighted by Crippen LogP contribution is -2.25. The summed E-state index contributed by atoms with van der Waals surface area (Å²) in [5, 5.41) is 1.69. The summed E-state index contributed by atoms with van der Waals surface area (Å²) in [6, 6.07) is 6.76. The lowest BCUT2D eigenvalue weighted by Gasteiger charge is -2.18. The molecule has 122 valence electrons. The van der Waals surface area contributed by atoms with Crippen molar-refractivity contribution in [3.05, 3.63) is 40.9 Å². The number of fused-ring (bicyclic) bond motifs is 2. The summed E-state index contributed by atoms with van der Waals surface area (Å²) in [4.78, 5) is 13.8. The van der Waals surface area contributed by atoms with E-state index in [1.807, 2.05) is 6.07 Å². The Morgan fingerprint density at radius 2 is 1.87 bits per heavy atom. The number of nitrogens with zero attached hydrogens (tertiary/aromatic N) is 1. The van der Waals surface area contributed by atoms with Gasteiger partial charge in [0, 0.05) is 18.7 Å². The van der Waals surface area contributed by atoms with Gasteiger partial charge in [-0.1, -0.05) is 13.8 Å². The Morgan fingerprint density at radius 1 is 1.09 bits per heavy atom. The third-order valence-corrected chi connectivity index (χ3v) is 4.07. The smallest absolute Gasteiger partial charge is 0.336 e. The molecule has 5 heteroatoms. The Morgan fingerprint density at radius 3 is 2.65 bits per heavy atom. The molecular weight excluding hydrogens is 294 g/mol. The van der Waals surface area contributed by atoms with Crippen molar-refractivity contribution in [3.8, 4) is 5.75 Å². The highest BCUT2D eigenvalue weighted by Crippen LogP contribution is 2.35. The molecule has 0 bridgehead atoms. The topological polar surface area (TPSA) is 55.8 Å². The average Bonchev–Trinajstić information content (AvgIpc) is 3.02. The van der Waals surface area contributed by atoms with Gasteiger partial charge in [-0.15, -0.1) is 0 Å². The van der Waals surface area contributed by atoms with Crippen molar-refractivity contribution in [3.63, 3.8) is 0 Å². The van der Waals surface area contributed by atoms with Gasteiger partial charge < -0.3 is 18.5 Å². The van der Waals surface area contributed by atoms with Gasteiger partial charge in [-0.2, -0.15) is 0 Å². The summed E-state index contributed by atoms with van der Waals surface area (Å²) in [6.45, 7) is 8.01. The second kappa shape index (κ2) is 6.87. The van der Waals surface area contributed by atoms with Gasteiger partial charge in [0.15, 0.2) is 0 Å². The second-order valence-electron chi connectivity index (χ2n) is 5.43. The van der Waals surface area contributed by atoms with E-state index < -0.39 is 0 Å². The standard InChI is InChI=1S/C18H21NO4/c1-3-19(4-2)9-5-10-22-18-13-6-7-17(20)23-16(13)12-15-14(18)8-11-21-15/h6-8,11-12H,3-5,9-10H2,1-2H3. The van der Waals surface area contributed by atoms with E-state index in [4.69, 9.17) is 13.6 Å². The number of ether oxygens (including phenoxy) is 1. The van der Waals surface area contributed by atoms with Crippen LogP contribution in [0.3, 0.4) is 0 Å². The van der Waals surface area contributed by atoms with Crippen molar-refractivity contribution >= 4 is 21.9 Å². The lowest BCUT2D eigenvalue weighted by molar-refractivity contribution is 0.252. The van der Waals surface area contributed by atoms with E-state index in [0.717, 1.165) is 42.6 Å². The van der Waals surface area contributed by atoms with E-state index >= 15 is 0 Å². The molecule has 0 fully saturated rings. The number of furan rings is 1. The molecule has 5 nitrogen and oxygen atoms in total. The number of benzene rings is 1. The summed E-state index contributed by atoms with van der Waals surface area (Å²) >= 11 is 0. The van der Waals surface area contributed by atoms with Gasteiger partial charge in [0.25, 0.3) is 0 Å². The maximum atomic E-state index is 11.4. The summed E-state index contributed by atoms with van der Waals surface area (Å²) in [5.41, 5.74) is 0.764. The van der Waals surface area contributed by atoms with Crippen molar-refractivity contribution in [2.75, 3.05) is 26.2 Å². The molecule has 0 aliphatic rings. The van der Waals surface area contributed by atoms with E-state index in [2.05, 4.69) is 18.7 Å². The highest BCUT2D eigenvalue weighted by molar-refractivity contribution is 6.01. The van der Waals surface area contributed by atoms with Crippen LogP contribution in [0.1, 0.15) is 20.3 Å². The molecule has 0 aliphatic carbocycles. The normalized spacial score (nSPS) is 11.6. The van der Waals surface area contributed by atoms with Crippen LogP contribution in [0.4, 0.5) is 0 Å². The molecule has 0 saturated carbocycles. The Kier molecular flexibility index (Phi) is 4.67. The Hall–Kier alpha value is -2.27. The van der Waals surface area contributed by atoms with Crippen molar-refractivity contribution in [2.45, 2.75) is 20.3 Å². The minimum Gasteiger partial charge on any atom is -0.492 e. The minimum atomic E-state index is -0.379. The molecule has 23 heavy (non-hydrogen) atoms. The zero-order valence-corrected chi connectivity index (χ0v) is 13.5. The van der Waals surface area contributed by atoms with Gasteiger partial charge in [0.2, 0.25) is 0 Å². The van der Waals surface area contributed by atoms with E-state index in [1.54, 1.807) is 18.4 Å². The Labute approximate surface area is 134 Å². The molecule has 0 amide bonds. The number of hydrogen-bond donors (Lipinski definition) is 0. The van der Waals surface area contributed by atoms with Crippen LogP contribution in [0.15, 0.2) is 44.2 Å². The predicted molar refractivity (Wildman–Crippen MR) is 90.2 cm³/mol.